The molecule has 0 bridgehead atoms. The zero-order valence-electron chi connectivity index (χ0n) is 14.0. The summed E-state index contributed by atoms with van der Waals surface area (Å²) < 4.78 is 5.63. The predicted molar refractivity (Wildman–Crippen MR) is 92.2 cm³/mol. The first-order chi connectivity index (χ1) is 11.0. The van der Waals surface area contributed by atoms with Gasteiger partial charge in [-0.2, -0.15) is 0 Å². The van der Waals surface area contributed by atoms with Gasteiger partial charge >= 0.3 is 5.97 Å². The first kappa shape index (κ1) is 17.1. The monoisotopic (exact) mass is 312 g/mol. The van der Waals surface area contributed by atoms with Crippen molar-refractivity contribution in [1.82, 2.24) is 0 Å². The van der Waals surface area contributed by atoms with Crippen molar-refractivity contribution in [3.8, 4) is 5.75 Å². The summed E-state index contributed by atoms with van der Waals surface area (Å²) in [7, 11) is 0. The minimum atomic E-state index is -0.798. The van der Waals surface area contributed by atoms with Gasteiger partial charge in [-0.3, -0.25) is 4.79 Å². The van der Waals surface area contributed by atoms with Gasteiger partial charge in [0.2, 0.25) is 0 Å². The van der Waals surface area contributed by atoms with Crippen LogP contribution in [0.1, 0.15) is 41.5 Å². The van der Waals surface area contributed by atoms with Gasteiger partial charge in [0.1, 0.15) is 5.75 Å². The number of benzene rings is 2. The second-order valence-corrected chi connectivity index (χ2v) is 5.93. The van der Waals surface area contributed by atoms with Crippen LogP contribution in [-0.4, -0.2) is 17.7 Å². The fourth-order valence-electron chi connectivity index (χ4n) is 2.55. The molecular weight excluding hydrogens is 288 g/mol. The summed E-state index contributed by atoms with van der Waals surface area (Å²) in [5, 5.41) is 9.63. The van der Waals surface area contributed by atoms with Gasteiger partial charge in [-0.1, -0.05) is 37.3 Å². The molecule has 0 saturated carbocycles. The van der Waals surface area contributed by atoms with Crippen molar-refractivity contribution in [2.45, 2.75) is 39.5 Å². The van der Waals surface area contributed by atoms with Gasteiger partial charge in [-0.15, -0.1) is 0 Å². The van der Waals surface area contributed by atoms with E-state index in [2.05, 4.69) is 6.92 Å². The lowest BCUT2D eigenvalue weighted by molar-refractivity contribution is -0.138. The summed E-state index contributed by atoms with van der Waals surface area (Å²) >= 11 is 0. The van der Waals surface area contributed by atoms with Crippen LogP contribution in [0.2, 0.25) is 0 Å². The largest absolute Gasteiger partial charge is 0.494 e. The topological polar surface area (TPSA) is 46.5 Å². The summed E-state index contributed by atoms with van der Waals surface area (Å²) in [6.45, 7) is 6.77. The fourth-order valence-corrected chi connectivity index (χ4v) is 2.55. The Morgan fingerprint density at radius 1 is 1.13 bits per heavy atom. The van der Waals surface area contributed by atoms with E-state index in [1.165, 1.54) is 5.56 Å². The van der Waals surface area contributed by atoms with Gasteiger partial charge in [0.05, 0.1) is 12.5 Å². The van der Waals surface area contributed by atoms with Gasteiger partial charge in [0, 0.05) is 0 Å². The molecule has 0 heterocycles. The molecule has 0 amide bonds. The molecule has 0 fully saturated rings. The van der Waals surface area contributed by atoms with E-state index >= 15 is 0 Å². The van der Waals surface area contributed by atoms with Crippen LogP contribution in [-0.2, 0) is 11.2 Å². The Morgan fingerprint density at radius 2 is 1.91 bits per heavy atom. The molecule has 0 aromatic heterocycles. The molecular formula is C20H24O3. The zero-order valence-corrected chi connectivity index (χ0v) is 14.0. The number of hydrogen-bond acceptors (Lipinski definition) is 2. The molecule has 122 valence electrons. The highest BCUT2D eigenvalue weighted by Crippen LogP contribution is 2.25. The number of aliphatic carboxylic acids is 1. The Kier molecular flexibility index (Phi) is 5.80. The van der Waals surface area contributed by atoms with Crippen LogP contribution >= 0.6 is 0 Å². The number of carboxylic acid groups (broad SMARTS) is 1. The van der Waals surface area contributed by atoms with E-state index < -0.39 is 11.9 Å². The minimum absolute atomic E-state index is 0.459. The second-order valence-electron chi connectivity index (χ2n) is 5.93. The molecule has 0 aliphatic heterocycles. The highest BCUT2D eigenvalue weighted by atomic mass is 16.5. The number of carboxylic acids is 1. The Labute approximate surface area is 137 Å². The molecule has 1 N–H and O–H groups in total. The van der Waals surface area contributed by atoms with Crippen LogP contribution in [0.4, 0.5) is 0 Å². The average molecular weight is 312 g/mol. The second kappa shape index (κ2) is 7.82. The molecule has 0 saturated heterocycles. The van der Waals surface area contributed by atoms with Crippen LogP contribution in [0.5, 0.6) is 5.75 Å². The lowest BCUT2D eigenvalue weighted by Gasteiger charge is -2.15. The number of ether oxygens (including phenoxy) is 1. The van der Waals surface area contributed by atoms with Crippen molar-refractivity contribution in [2.24, 2.45) is 0 Å². The summed E-state index contributed by atoms with van der Waals surface area (Å²) in [6.07, 6.45) is 1.41. The van der Waals surface area contributed by atoms with Crippen LogP contribution in [0.15, 0.2) is 42.5 Å². The molecule has 23 heavy (non-hydrogen) atoms. The van der Waals surface area contributed by atoms with Gasteiger partial charge in [-0.25, -0.2) is 0 Å². The van der Waals surface area contributed by atoms with E-state index in [4.69, 9.17) is 4.74 Å². The van der Waals surface area contributed by atoms with Crippen LogP contribution in [0, 0.1) is 13.8 Å². The van der Waals surface area contributed by atoms with Gasteiger partial charge in [-0.05, 0) is 61.1 Å². The van der Waals surface area contributed by atoms with E-state index in [9.17, 15) is 9.90 Å². The summed E-state index contributed by atoms with van der Waals surface area (Å²) in [4.78, 5) is 11.7. The Morgan fingerprint density at radius 3 is 2.57 bits per heavy atom. The molecule has 0 radical (unpaired) electrons. The molecule has 3 nitrogen and oxygen atoms in total. The fraction of sp³-hybridized carbons (Fsp3) is 0.350. The maximum absolute atomic E-state index is 11.7. The van der Waals surface area contributed by atoms with Crippen molar-refractivity contribution < 1.29 is 14.6 Å². The number of carbonyl (C=O) groups is 1. The van der Waals surface area contributed by atoms with Crippen LogP contribution < -0.4 is 4.74 Å². The molecule has 3 heteroatoms. The first-order valence-electron chi connectivity index (χ1n) is 8.03. The Balaban J connectivity index is 2.22. The highest BCUT2D eigenvalue weighted by Gasteiger charge is 2.21. The maximum atomic E-state index is 11.7. The van der Waals surface area contributed by atoms with E-state index in [0.29, 0.717) is 13.0 Å². The minimum Gasteiger partial charge on any atom is -0.494 e. The van der Waals surface area contributed by atoms with Crippen molar-refractivity contribution >= 4 is 5.97 Å². The van der Waals surface area contributed by atoms with E-state index in [1.54, 1.807) is 0 Å². The number of hydrogen-bond donors (Lipinski definition) is 1. The molecule has 0 aliphatic carbocycles. The van der Waals surface area contributed by atoms with E-state index in [-0.39, 0.29) is 0 Å². The molecule has 1 unspecified atom stereocenters. The van der Waals surface area contributed by atoms with Crippen LogP contribution in [0.3, 0.4) is 0 Å². The highest BCUT2D eigenvalue weighted by molar-refractivity contribution is 5.76. The molecule has 0 spiro atoms. The molecule has 2 aromatic rings. The molecule has 1 atom stereocenters. The van der Waals surface area contributed by atoms with E-state index in [1.807, 2.05) is 56.3 Å². The third-order valence-electron chi connectivity index (χ3n) is 4.04. The standard InChI is InChI=1S/C20H24O3/c1-4-10-23-18-7-5-6-16(12-18)13-19(20(21)22)17-9-8-14(2)15(3)11-17/h5-9,11-12,19H,4,10,13H2,1-3H3,(H,21,22). The molecule has 2 aromatic carbocycles. The normalized spacial score (nSPS) is 12.0. The van der Waals surface area contributed by atoms with Gasteiger partial charge in [0.15, 0.2) is 0 Å². The Hall–Kier alpha value is -2.29. The number of rotatable bonds is 7. The van der Waals surface area contributed by atoms with Crippen molar-refractivity contribution in [2.75, 3.05) is 6.61 Å². The summed E-state index contributed by atoms with van der Waals surface area (Å²) in [5.41, 5.74) is 4.12. The summed E-state index contributed by atoms with van der Waals surface area (Å²) in [6, 6.07) is 13.6. The van der Waals surface area contributed by atoms with Gasteiger partial charge < -0.3 is 9.84 Å². The smallest absolute Gasteiger partial charge is 0.311 e. The van der Waals surface area contributed by atoms with Crippen molar-refractivity contribution in [1.29, 1.82) is 0 Å². The van der Waals surface area contributed by atoms with E-state index in [0.717, 1.165) is 28.9 Å². The molecule has 2 rings (SSSR count). The summed E-state index contributed by atoms with van der Waals surface area (Å²) in [5.74, 6) is -0.544. The third kappa shape index (κ3) is 4.59. The van der Waals surface area contributed by atoms with Crippen LogP contribution in [0.25, 0.3) is 0 Å². The van der Waals surface area contributed by atoms with Crippen molar-refractivity contribution in [3.05, 3.63) is 64.7 Å². The van der Waals surface area contributed by atoms with Gasteiger partial charge in [0.25, 0.3) is 0 Å². The average Bonchev–Trinajstić information content (AvgIpc) is 2.53. The number of aryl methyl sites for hydroxylation is 2. The Bertz CT molecular complexity index is 676. The first-order valence-corrected chi connectivity index (χ1v) is 8.03. The predicted octanol–water partition coefficient (Wildman–Crippen LogP) is 4.50. The third-order valence-corrected chi connectivity index (χ3v) is 4.04. The zero-order chi connectivity index (χ0) is 16.8. The van der Waals surface area contributed by atoms with Crippen molar-refractivity contribution in [3.63, 3.8) is 0 Å². The maximum Gasteiger partial charge on any atom is 0.311 e. The quantitative estimate of drug-likeness (QED) is 0.818. The lowest BCUT2D eigenvalue weighted by Crippen LogP contribution is -2.15. The lowest BCUT2D eigenvalue weighted by atomic mass is 9.90. The molecule has 0 aliphatic rings. The SMILES string of the molecule is CCCOc1cccc(CC(C(=O)O)c2ccc(C)c(C)c2)c1.